The van der Waals surface area contributed by atoms with Gasteiger partial charge in [0.1, 0.15) is 28.7 Å². The molecule has 0 unspecified atom stereocenters. The number of hydrogen-bond acceptors (Lipinski definition) is 2. The molecule has 4 heterocycles. The Morgan fingerprint density at radius 2 is 1.10 bits per heavy atom. The van der Waals surface area contributed by atoms with Gasteiger partial charge in [0, 0.05) is 58.1 Å². The number of hydrogen-bond donors (Lipinski definition) is 0. The van der Waals surface area contributed by atoms with Gasteiger partial charge in [-0.05, 0) is 125 Å². The highest BCUT2D eigenvalue weighted by molar-refractivity contribution is 7.20. The van der Waals surface area contributed by atoms with E-state index in [1.54, 1.807) is 24.4 Å². The molecule has 1 aliphatic rings. The summed E-state index contributed by atoms with van der Waals surface area (Å²) in [7, 11) is -6.86. The topological polar surface area (TPSA) is 35.9 Å². The molecule has 0 radical (unpaired) electrons. The highest BCUT2D eigenvalue weighted by Gasteiger charge is 2.43. The molecule has 11 aromatic carbocycles. The maximum Gasteiger partial charge on any atom is 0.255 e. The number of aromatic nitrogens is 4. The molecule has 0 amide bonds. The second kappa shape index (κ2) is 20.6. The highest BCUT2D eigenvalue weighted by atomic mass is 28.3. The van der Waals surface area contributed by atoms with E-state index in [0.29, 0.717) is 11.3 Å². The fourth-order valence-corrected chi connectivity index (χ4v) is 15.1. The van der Waals surface area contributed by atoms with E-state index in [4.69, 9.17) is 17.9 Å². The molecular formula is C80H65N4OSi+. The van der Waals surface area contributed by atoms with Crippen LogP contribution in [0.15, 0.2) is 285 Å². The molecule has 1 aliphatic heterocycles. The van der Waals surface area contributed by atoms with Crippen LogP contribution in [0.25, 0.3) is 94.5 Å². The number of para-hydroxylation sites is 2. The summed E-state index contributed by atoms with van der Waals surface area (Å²) in [5, 5.41) is -3.57. The molecule has 86 heavy (non-hydrogen) atoms. The van der Waals surface area contributed by atoms with Crippen LogP contribution >= 0.6 is 0 Å². The van der Waals surface area contributed by atoms with Crippen LogP contribution in [-0.2, 0) is 10.8 Å². The van der Waals surface area contributed by atoms with Gasteiger partial charge in [0.2, 0.25) is 0 Å². The van der Waals surface area contributed by atoms with Gasteiger partial charge >= 0.3 is 0 Å². The van der Waals surface area contributed by atoms with E-state index in [2.05, 4.69) is 20.8 Å². The average Bonchev–Trinajstić information content (AvgIpc) is 1.25. The standard InChI is InChI=1S/C80H65N4OSi/c1-79(2,3)56-45-46-81-76(49-56)84-73-40-22-21-37-67(73)68-43-41-59(51-74(68)84)85-58-28-23-27-57(50-58)82-53-83-77-69(38-24-39-72(77)80(4,5)6)70-52-63(86(60-29-13-8-14-30-60,61-31-15-9-16-32-61)62-33-17-10-18-34-62)42-44-66(70)64-35-19-20-36-65(64)71-47-55(48-75(82)78(71)83)54-25-11-7-12-26-54/h7-53H,1-6H3/q+1/i4D3,5D3,6D3,7D,8D,9D,10D,11D,12D,13D,14D,15D,16D,17D,18D,19D,20D,25D,26D,29D,30D,31D,32D,33D,34D,35D,36D,42D,44D,52D. The van der Waals surface area contributed by atoms with Crippen molar-refractivity contribution in [3.05, 3.63) is 296 Å². The van der Waals surface area contributed by atoms with E-state index in [-0.39, 0.29) is 33.7 Å². The fourth-order valence-electron chi connectivity index (χ4n) is 11.6. The van der Waals surface area contributed by atoms with E-state index < -0.39 is 274 Å². The van der Waals surface area contributed by atoms with E-state index in [0.717, 1.165) is 57.0 Å². The summed E-state index contributed by atoms with van der Waals surface area (Å²) in [5.41, 5.74) is -11.5. The fraction of sp³-hybridized carbons (Fsp3) is 0.100. The van der Waals surface area contributed by atoms with Crippen molar-refractivity contribution < 1.29 is 58.7 Å². The van der Waals surface area contributed by atoms with Crippen LogP contribution in [0.1, 0.15) is 102 Å². The predicted molar refractivity (Wildman–Crippen MR) is 360 cm³/mol. The lowest BCUT2D eigenvalue weighted by Gasteiger charge is -2.35. The van der Waals surface area contributed by atoms with Crippen LogP contribution in [0.4, 0.5) is 0 Å². The number of rotatable bonds is 9. The van der Waals surface area contributed by atoms with Crippen molar-refractivity contribution >= 4 is 61.7 Å². The smallest absolute Gasteiger partial charge is 0.255 e. The first-order chi connectivity index (χ1) is 56.9. The zero-order chi connectivity index (χ0) is 89.3. The molecule has 5 nitrogen and oxygen atoms in total. The zero-order valence-corrected chi connectivity index (χ0v) is 46.7. The Labute approximate surface area is 555 Å². The van der Waals surface area contributed by atoms with Crippen LogP contribution in [0.5, 0.6) is 11.5 Å². The third-order valence-corrected chi connectivity index (χ3v) is 19.4. The summed E-state index contributed by atoms with van der Waals surface area (Å²) >= 11 is 0. The lowest BCUT2D eigenvalue weighted by atomic mass is 9.82. The third-order valence-electron chi connectivity index (χ3n) is 15.4. The summed E-state index contributed by atoms with van der Waals surface area (Å²) in [6, 6.07) is -5.37. The molecule has 3 aromatic heterocycles. The average molecular weight is 1160 g/mol. The maximum absolute atomic E-state index is 11.5. The molecule has 0 aliphatic carbocycles. The van der Waals surface area contributed by atoms with Crippen LogP contribution in [0.2, 0.25) is 0 Å². The minimum Gasteiger partial charge on any atom is -0.457 e. The Morgan fingerprint density at radius 3 is 1.80 bits per heavy atom. The SMILES string of the molecule is [2H]c1c([2H])c([2H])c(-c2cc3c4c(c2)n(-c2cccc(Oc5ccc6c7ccccc7n(-c7cc(C(C)(C)C)ccn7)c6c5)c2)c[n+]4-c2c(cccc2C(C([2H])([2H])[2H])(C([2H])([2H])[2H])C([2H])([2H])[2H])-c2c([2H])c([Si](c4c([2H])c([2H])c([2H])c([2H])c4[2H])(c4c([2H])c([2H])c([2H])c([2H])c4[2H])c4c([2H])c([2H])c([2H])c([2H])c4[2H])c([2H])c([2H])c2-c2c([2H])c([2H])c([2H])c([2H])c2-3)c([2H])c1[2H]. The molecule has 6 heteroatoms. The van der Waals surface area contributed by atoms with Gasteiger partial charge < -0.3 is 4.74 Å². The van der Waals surface area contributed by atoms with E-state index in [1.165, 1.54) is 28.8 Å². The Balaban J connectivity index is 1.19. The summed E-state index contributed by atoms with van der Waals surface area (Å²) < 4.78 is 358. The number of imidazole rings is 1. The molecule has 0 saturated carbocycles. The number of fused-ring (bicyclic) bond motifs is 10. The Bertz CT molecular complexity index is 6660. The lowest BCUT2D eigenvalue weighted by Crippen LogP contribution is -2.74. The van der Waals surface area contributed by atoms with Gasteiger partial charge in [-0.3, -0.25) is 4.57 Å². The summed E-state index contributed by atoms with van der Waals surface area (Å²) in [5.74, 6) is 0.847. The van der Waals surface area contributed by atoms with Crippen molar-refractivity contribution in [1.29, 1.82) is 0 Å². The van der Waals surface area contributed by atoms with Gasteiger partial charge in [0.25, 0.3) is 6.33 Å². The van der Waals surface area contributed by atoms with Gasteiger partial charge in [-0.15, -0.1) is 0 Å². The second-order valence-electron chi connectivity index (χ2n) is 21.5. The first kappa shape index (κ1) is 26.8. The van der Waals surface area contributed by atoms with E-state index in [1.807, 2.05) is 47.0 Å². The molecule has 0 atom stereocenters. The quantitative estimate of drug-likeness (QED) is 0.0820. The van der Waals surface area contributed by atoms with Crippen molar-refractivity contribution in [2.24, 2.45) is 0 Å². The predicted octanol–water partition coefficient (Wildman–Crippen LogP) is 17.1. The summed E-state index contributed by atoms with van der Waals surface area (Å²) in [6.07, 6.45) is 2.82. The van der Waals surface area contributed by atoms with Crippen LogP contribution in [-0.4, -0.2) is 22.2 Å². The maximum atomic E-state index is 11.5. The van der Waals surface area contributed by atoms with Crippen LogP contribution in [0, 0.1) is 0 Å². The molecule has 0 spiro atoms. The lowest BCUT2D eigenvalue weighted by molar-refractivity contribution is -0.567. The largest absolute Gasteiger partial charge is 0.457 e. The van der Waals surface area contributed by atoms with Crippen molar-refractivity contribution in [3.8, 4) is 73.2 Å². The van der Waals surface area contributed by atoms with Crippen molar-refractivity contribution in [3.63, 3.8) is 0 Å². The zero-order valence-electron chi connectivity index (χ0n) is 81.7. The minimum atomic E-state index is -6.86. The number of pyridine rings is 1. The van der Waals surface area contributed by atoms with Crippen LogP contribution < -0.4 is 30.1 Å². The molecule has 0 N–H and O–H groups in total. The second-order valence-corrected chi connectivity index (χ2v) is 25.0. The molecule has 0 bridgehead atoms. The monoisotopic (exact) mass is 1160 g/mol. The van der Waals surface area contributed by atoms with E-state index in [9.17, 15) is 41.1 Å². The molecule has 15 rings (SSSR count). The first-order valence-electron chi connectivity index (χ1n) is 45.0. The van der Waals surface area contributed by atoms with Gasteiger partial charge in [0.05, 0.1) is 48.0 Å². The Hall–Kier alpha value is -10.1. The van der Waals surface area contributed by atoms with Crippen LogP contribution in [0.3, 0.4) is 0 Å². The normalized spacial score (nSPS) is 18.7. The van der Waals surface area contributed by atoms with Crippen molar-refractivity contribution in [2.75, 3.05) is 0 Å². The molecule has 0 fully saturated rings. The first-order valence-corrected chi connectivity index (χ1v) is 29.0. The van der Waals surface area contributed by atoms with Crippen molar-refractivity contribution in [2.45, 2.75) is 52.2 Å². The summed E-state index contributed by atoms with van der Waals surface area (Å²) in [6.45, 7) is -6.68. The number of benzene rings is 11. The highest BCUT2D eigenvalue weighted by Crippen LogP contribution is 2.47. The molecule has 14 aromatic rings. The third kappa shape index (κ3) is 8.73. The Morgan fingerprint density at radius 1 is 0.477 bits per heavy atom. The van der Waals surface area contributed by atoms with Gasteiger partial charge in [-0.2, -0.15) is 9.13 Å². The summed E-state index contributed by atoms with van der Waals surface area (Å²) in [4.78, 5) is 4.81. The van der Waals surface area contributed by atoms with Gasteiger partial charge in [0.15, 0.2) is 19.1 Å². The Kier molecular flexibility index (Phi) is 6.42. The van der Waals surface area contributed by atoms with Crippen molar-refractivity contribution in [1.82, 2.24) is 14.1 Å². The minimum absolute atomic E-state index is 0.0170. The molecule has 0 saturated heterocycles. The van der Waals surface area contributed by atoms with E-state index >= 15 is 0 Å². The number of nitrogens with zero attached hydrogens (tertiary/aromatic N) is 4. The van der Waals surface area contributed by atoms with Gasteiger partial charge in [-0.1, -0.05) is 247 Å². The number of ether oxygens (including phenoxy) is 1. The molecule has 414 valence electrons. The molecular weight excluding hydrogens is 1060 g/mol. The van der Waals surface area contributed by atoms with Gasteiger partial charge in [-0.25, -0.2) is 4.98 Å².